The molecule has 0 spiro atoms. The molecule has 8 nitrogen and oxygen atoms in total. The van der Waals surface area contributed by atoms with Crippen molar-refractivity contribution in [2.24, 2.45) is 7.05 Å². The topological polar surface area (TPSA) is 90.9 Å². The van der Waals surface area contributed by atoms with E-state index >= 15 is 0 Å². The van der Waals surface area contributed by atoms with Crippen molar-refractivity contribution in [2.45, 2.75) is 0 Å². The predicted molar refractivity (Wildman–Crippen MR) is 64.0 cm³/mol. The monoisotopic (exact) mass is 254 g/mol. The van der Waals surface area contributed by atoms with E-state index in [2.05, 4.69) is 29.9 Å². The molecule has 19 heavy (non-hydrogen) atoms. The number of imidazole rings is 2. The molecule has 2 N–H and O–H groups in total. The van der Waals surface area contributed by atoms with Crippen LogP contribution in [0.25, 0.3) is 28.3 Å². The number of hydrogen-bond acceptors (Lipinski definition) is 4. The molecule has 0 saturated heterocycles. The molecule has 4 rings (SSSR count). The Kier molecular flexibility index (Phi) is 1.88. The van der Waals surface area contributed by atoms with Gasteiger partial charge in [0.25, 0.3) is 0 Å². The zero-order valence-electron chi connectivity index (χ0n) is 10.1. The van der Waals surface area contributed by atoms with E-state index in [4.69, 9.17) is 0 Å². The van der Waals surface area contributed by atoms with E-state index in [9.17, 15) is 0 Å². The molecule has 0 fully saturated rings. The van der Waals surface area contributed by atoms with Gasteiger partial charge in [-0.05, 0) is 0 Å². The average molecular weight is 254 g/mol. The Hall–Kier alpha value is -2.90. The average Bonchev–Trinajstić information content (AvgIpc) is 3.04. The largest absolute Gasteiger partial charge is 0.590 e. The standard InChI is InChI=1S/C11H8N8/c1-18-2-7-10(15-5-12-7)17-11(18)19-3-8-9(16-6-19)14-4-13-8/h2-6H,1H3/p+2. The normalized spacial score (nSPS) is 11.4. The van der Waals surface area contributed by atoms with E-state index in [0.717, 1.165) is 17.0 Å². The lowest BCUT2D eigenvalue weighted by molar-refractivity contribution is -0.782. The number of nitrogens with one attached hydrogen (secondary N) is 2. The summed E-state index contributed by atoms with van der Waals surface area (Å²) < 4.78 is 3.74. The van der Waals surface area contributed by atoms with Crippen molar-refractivity contribution in [3.8, 4) is 5.95 Å². The second-order valence-electron chi connectivity index (χ2n) is 4.21. The second kappa shape index (κ2) is 3.55. The molecule has 4 heterocycles. The third-order valence-electron chi connectivity index (χ3n) is 2.94. The number of aromatic amines is 2. The highest BCUT2D eigenvalue weighted by molar-refractivity contribution is 5.68. The first-order valence-electron chi connectivity index (χ1n) is 5.72. The highest BCUT2D eigenvalue weighted by Crippen LogP contribution is 2.04. The van der Waals surface area contributed by atoms with Gasteiger partial charge in [0.2, 0.25) is 6.33 Å². The van der Waals surface area contributed by atoms with E-state index in [1.807, 2.05) is 28.6 Å². The summed E-state index contributed by atoms with van der Waals surface area (Å²) in [7, 11) is 1.92. The van der Waals surface area contributed by atoms with Crippen LogP contribution >= 0.6 is 0 Å². The molecule has 0 bridgehead atoms. The van der Waals surface area contributed by atoms with Crippen molar-refractivity contribution in [2.75, 3.05) is 0 Å². The van der Waals surface area contributed by atoms with Crippen LogP contribution in [-0.2, 0) is 7.05 Å². The third-order valence-corrected chi connectivity index (χ3v) is 2.94. The van der Waals surface area contributed by atoms with E-state index in [1.54, 1.807) is 19.0 Å². The molecular formula is C11H10N8+2. The summed E-state index contributed by atoms with van der Waals surface area (Å²) >= 11 is 0. The van der Waals surface area contributed by atoms with Gasteiger partial charge in [0.1, 0.15) is 12.6 Å². The molecule has 8 heteroatoms. The number of fused-ring (bicyclic) bond motifs is 2. The summed E-state index contributed by atoms with van der Waals surface area (Å²) in [6.07, 6.45) is 8.77. The third kappa shape index (κ3) is 1.46. The first-order chi connectivity index (χ1) is 9.31. The van der Waals surface area contributed by atoms with Gasteiger partial charge in [-0.3, -0.25) is 0 Å². The van der Waals surface area contributed by atoms with Crippen LogP contribution in [0.2, 0.25) is 0 Å². The first-order valence-corrected chi connectivity index (χ1v) is 5.72. The van der Waals surface area contributed by atoms with Crippen LogP contribution in [0.4, 0.5) is 0 Å². The number of aromatic nitrogens is 8. The fourth-order valence-corrected chi connectivity index (χ4v) is 2.04. The highest BCUT2D eigenvalue weighted by atomic mass is 15.2. The molecule has 4 aromatic rings. The number of hydrogen-bond donors (Lipinski definition) is 2. The van der Waals surface area contributed by atoms with Crippen molar-refractivity contribution in [3.05, 3.63) is 31.4 Å². The number of H-pyrrole nitrogens is 2. The maximum absolute atomic E-state index is 4.51. The number of aryl methyl sites for hydroxylation is 1. The summed E-state index contributed by atoms with van der Waals surface area (Å²) in [5, 5.41) is 0. The molecule has 0 saturated carbocycles. The Morgan fingerprint density at radius 2 is 1.68 bits per heavy atom. The molecule has 0 aliphatic heterocycles. The van der Waals surface area contributed by atoms with Crippen LogP contribution in [0.3, 0.4) is 0 Å². The molecule has 0 atom stereocenters. The summed E-state index contributed by atoms with van der Waals surface area (Å²) in [6.45, 7) is 0. The Morgan fingerprint density at radius 1 is 0.947 bits per heavy atom. The van der Waals surface area contributed by atoms with Gasteiger partial charge in [-0.1, -0.05) is 0 Å². The van der Waals surface area contributed by atoms with Gasteiger partial charge in [0.05, 0.1) is 17.6 Å². The smallest absolute Gasteiger partial charge is 0.340 e. The Bertz CT molecular complexity index is 890. The molecule has 0 unspecified atom stereocenters. The Balaban J connectivity index is 1.98. The van der Waals surface area contributed by atoms with E-state index < -0.39 is 0 Å². The van der Waals surface area contributed by atoms with Crippen molar-refractivity contribution in [1.29, 1.82) is 0 Å². The zero-order valence-corrected chi connectivity index (χ0v) is 10.1. The molecule has 0 aromatic carbocycles. The SMILES string of the molecule is C[n+]1cc2[nH]cnc2nc1-[n+]1cnc2nc[nH]c2c1. The highest BCUT2D eigenvalue weighted by Gasteiger charge is 2.25. The molecule has 4 aromatic heterocycles. The van der Waals surface area contributed by atoms with E-state index in [-0.39, 0.29) is 0 Å². The summed E-state index contributed by atoms with van der Waals surface area (Å²) in [4.78, 5) is 23.1. The van der Waals surface area contributed by atoms with Crippen LogP contribution < -0.4 is 9.13 Å². The molecule has 0 amide bonds. The van der Waals surface area contributed by atoms with Crippen LogP contribution in [0.15, 0.2) is 31.4 Å². The van der Waals surface area contributed by atoms with Crippen LogP contribution in [-0.4, -0.2) is 29.9 Å². The van der Waals surface area contributed by atoms with Gasteiger partial charge in [-0.25, -0.2) is 4.98 Å². The molecule has 0 aliphatic carbocycles. The summed E-state index contributed by atoms with van der Waals surface area (Å²) in [6, 6.07) is 0. The molecule has 0 radical (unpaired) electrons. The van der Waals surface area contributed by atoms with Crippen molar-refractivity contribution in [1.82, 2.24) is 29.9 Å². The fourth-order valence-electron chi connectivity index (χ4n) is 2.04. The van der Waals surface area contributed by atoms with E-state index in [1.165, 1.54) is 0 Å². The van der Waals surface area contributed by atoms with Crippen molar-refractivity contribution in [3.63, 3.8) is 0 Å². The maximum Gasteiger partial charge on any atom is 0.590 e. The van der Waals surface area contributed by atoms with Gasteiger partial charge in [0.15, 0.2) is 23.6 Å². The van der Waals surface area contributed by atoms with Crippen molar-refractivity contribution >= 4 is 22.3 Å². The predicted octanol–water partition coefficient (Wildman–Crippen LogP) is -0.670. The summed E-state index contributed by atoms with van der Waals surface area (Å²) in [5.74, 6) is 0.726. The fraction of sp³-hybridized carbons (Fsp3) is 0.0909. The molecular weight excluding hydrogens is 244 g/mol. The van der Waals surface area contributed by atoms with Gasteiger partial charge < -0.3 is 9.97 Å². The molecule has 92 valence electrons. The van der Waals surface area contributed by atoms with Gasteiger partial charge in [0, 0.05) is 0 Å². The van der Waals surface area contributed by atoms with Gasteiger partial charge >= 0.3 is 11.6 Å². The minimum atomic E-state index is 0.672. The molecule has 0 aliphatic rings. The van der Waals surface area contributed by atoms with Gasteiger partial charge in [-0.2, -0.15) is 14.5 Å². The lowest BCUT2D eigenvalue weighted by atomic mass is 10.5. The number of rotatable bonds is 1. The zero-order chi connectivity index (χ0) is 12.8. The van der Waals surface area contributed by atoms with Crippen LogP contribution in [0, 0.1) is 0 Å². The minimum absolute atomic E-state index is 0.672. The number of nitrogens with zero attached hydrogens (tertiary/aromatic N) is 6. The summed E-state index contributed by atoms with van der Waals surface area (Å²) in [5.41, 5.74) is 3.10. The van der Waals surface area contributed by atoms with Crippen LogP contribution in [0.5, 0.6) is 0 Å². The second-order valence-corrected chi connectivity index (χ2v) is 4.21. The Morgan fingerprint density at radius 3 is 2.53 bits per heavy atom. The maximum atomic E-state index is 4.51. The van der Waals surface area contributed by atoms with E-state index in [0.29, 0.717) is 11.3 Å². The Labute approximate surface area is 106 Å². The quantitative estimate of drug-likeness (QED) is 0.441. The van der Waals surface area contributed by atoms with Crippen LogP contribution in [0.1, 0.15) is 0 Å². The first kappa shape index (κ1) is 10.1. The van der Waals surface area contributed by atoms with Crippen molar-refractivity contribution < 1.29 is 9.13 Å². The van der Waals surface area contributed by atoms with Gasteiger partial charge in [-0.15, -0.1) is 4.57 Å². The minimum Gasteiger partial charge on any atom is -0.340 e. The lowest BCUT2D eigenvalue weighted by Gasteiger charge is -1.92. The lowest BCUT2D eigenvalue weighted by Crippen LogP contribution is -2.47.